The Morgan fingerprint density at radius 1 is 1.38 bits per heavy atom. The van der Waals surface area contributed by atoms with Crippen molar-refractivity contribution < 1.29 is 19.4 Å². The number of rotatable bonds is 6. The highest BCUT2D eigenvalue weighted by Crippen LogP contribution is 2.22. The summed E-state index contributed by atoms with van der Waals surface area (Å²) in [6, 6.07) is 4.65. The lowest BCUT2D eigenvalue weighted by molar-refractivity contribution is -0.139. The van der Waals surface area contributed by atoms with Gasteiger partial charge in [0.2, 0.25) is 0 Å². The van der Waals surface area contributed by atoms with Crippen LogP contribution in [0.4, 0.5) is 4.79 Å². The van der Waals surface area contributed by atoms with Gasteiger partial charge in [0, 0.05) is 24.2 Å². The molecule has 1 aromatic carbocycles. The molecule has 7 heteroatoms. The molecule has 21 heavy (non-hydrogen) atoms. The molecule has 0 aromatic heterocycles. The number of halogens is 1. The fraction of sp³-hybridized carbons (Fsp3) is 0.429. The summed E-state index contributed by atoms with van der Waals surface area (Å²) in [4.78, 5) is 23.1. The monoisotopic (exact) mass is 314 g/mol. The van der Waals surface area contributed by atoms with Crippen molar-refractivity contribution in [3.8, 4) is 0 Å². The Morgan fingerprint density at radius 2 is 2.00 bits per heavy atom. The molecule has 3 N–H and O–H groups in total. The average molecular weight is 315 g/mol. The van der Waals surface area contributed by atoms with Crippen LogP contribution in [0.5, 0.6) is 0 Å². The first kappa shape index (κ1) is 17.3. The molecule has 0 fully saturated rings. The summed E-state index contributed by atoms with van der Waals surface area (Å²) in [7, 11) is 1.53. The van der Waals surface area contributed by atoms with Gasteiger partial charge < -0.3 is 20.5 Å². The van der Waals surface area contributed by atoms with E-state index in [1.807, 2.05) is 0 Å². The maximum Gasteiger partial charge on any atom is 0.331 e. The molecular formula is C14H19ClN2O4. The molecular weight excluding hydrogens is 296 g/mol. The first-order valence-electron chi connectivity index (χ1n) is 6.33. The van der Waals surface area contributed by atoms with Crippen LogP contribution in [0.1, 0.15) is 25.5 Å². The molecule has 1 rings (SSSR count). The number of carboxylic acid groups (broad SMARTS) is 1. The molecule has 0 aliphatic rings. The predicted octanol–water partition coefficient (Wildman–Crippen LogP) is 2.19. The number of nitrogens with one attached hydrogen (secondary N) is 2. The molecule has 6 nitrogen and oxygen atoms in total. The minimum atomic E-state index is -1.22. The number of benzene rings is 1. The highest BCUT2D eigenvalue weighted by molar-refractivity contribution is 6.31. The fourth-order valence-corrected chi connectivity index (χ4v) is 1.77. The minimum absolute atomic E-state index is 0.240. The van der Waals surface area contributed by atoms with Gasteiger partial charge in [-0.1, -0.05) is 29.8 Å². The van der Waals surface area contributed by atoms with Gasteiger partial charge in [-0.25, -0.2) is 9.59 Å². The molecule has 0 spiro atoms. The lowest BCUT2D eigenvalue weighted by Crippen LogP contribution is -2.46. The third kappa shape index (κ3) is 5.24. The summed E-state index contributed by atoms with van der Waals surface area (Å²) in [6.07, 6.45) is 0. The Morgan fingerprint density at radius 3 is 2.52 bits per heavy atom. The van der Waals surface area contributed by atoms with Crippen LogP contribution in [0.2, 0.25) is 5.02 Å². The SMILES string of the molecule is COC(C)(C)CNC(=O)N[C@@H](C(=O)O)c1ccccc1Cl. The van der Waals surface area contributed by atoms with Crippen molar-refractivity contribution in [1.29, 1.82) is 0 Å². The molecule has 0 bridgehead atoms. The lowest BCUT2D eigenvalue weighted by Gasteiger charge is -2.24. The van der Waals surface area contributed by atoms with E-state index in [4.69, 9.17) is 16.3 Å². The van der Waals surface area contributed by atoms with Gasteiger partial charge in [0.05, 0.1) is 5.60 Å². The van der Waals surface area contributed by atoms with E-state index < -0.39 is 23.6 Å². The second-order valence-corrected chi connectivity index (χ2v) is 5.49. The fourth-order valence-electron chi connectivity index (χ4n) is 1.53. The third-order valence-corrected chi connectivity index (χ3v) is 3.31. The quantitative estimate of drug-likeness (QED) is 0.751. The van der Waals surface area contributed by atoms with Gasteiger partial charge >= 0.3 is 12.0 Å². The van der Waals surface area contributed by atoms with Gasteiger partial charge in [-0.2, -0.15) is 0 Å². The van der Waals surface area contributed by atoms with Crippen molar-refractivity contribution in [2.24, 2.45) is 0 Å². The molecule has 1 aromatic rings. The van der Waals surface area contributed by atoms with Crippen molar-refractivity contribution in [2.45, 2.75) is 25.5 Å². The van der Waals surface area contributed by atoms with Gasteiger partial charge in [0.15, 0.2) is 6.04 Å². The molecule has 0 saturated heterocycles. The molecule has 1 atom stereocenters. The second-order valence-electron chi connectivity index (χ2n) is 5.08. The highest BCUT2D eigenvalue weighted by Gasteiger charge is 2.25. The first-order valence-corrected chi connectivity index (χ1v) is 6.71. The summed E-state index contributed by atoms with van der Waals surface area (Å²) < 4.78 is 5.16. The summed E-state index contributed by atoms with van der Waals surface area (Å²) in [5.41, 5.74) is -0.215. The second kappa shape index (κ2) is 7.28. The zero-order valence-electron chi connectivity index (χ0n) is 12.1. The van der Waals surface area contributed by atoms with E-state index in [1.165, 1.54) is 7.11 Å². The number of ether oxygens (including phenoxy) is 1. The van der Waals surface area contributed by atoms with Crippen LogP contribution in [-0.4, -0.2) is 36.4 Å². The van der Waals surface area contributed by atoms with E-state index in [2.05, 4.69) is 10.6 Å². The Balaban J connectivity index is 2.74. The maximum absolute atomic E-state index is 11.8. The molecule has 0 heterocycles. The van der Waals surface area contributed by atoms with Crippen LogP contribution in [0, 0.1) is 0 Å². The van der Waals surface area contributed by atoms with Gasteiger partial charge in [0.1, 0.15) is 0 Å². The van der Waals surface area contributed by atoms with E-state index >= 15 is 0 Å². The number of carbonyl (C=O) groups excluding carboxylic acids is 1. The number of carbonyl (C=O) groups is 2. The molecule has 2 amide bonds. The Bertz CT molecular complexity index is 519. The average Bonchev–Trinajstić information content (AvgIpc) is 2.43. The van der Waals surface area contributed by atoms with Crippen molar-refractivity contribution in [2.75, 3.05) is 13.7 Å². The zero-order valence-corrected chi connectivity index (χ0v) is 12.9. The number of urea groups is 1. The summed E-state index contributed by atoms with van der Waals surface area (Å²) in [5.74, 6) is -1.19. The van der Waals surface area contributed by atoms with Crippen LogP contribution >= 0.6 is 11.6 Å². The van der Waals surface area contributed by atoms with E-state index in [9.17, 15) is 14.7 Å². The van der Waals surface area contributed by atoms with Crippen molar-refractivity contribution >= 4 is 23.6 Å². The van der Waals surface area contributed by atoms with Gasteiger partial charge in [-0.05, 0) is 19.9 Å². The topological polar surface area (TPSA) is 87.7 Å². The van der Waals surface area contributed by atoms with Crippen LogP contribution in [0.15, 0.2) is 24.3 Å². The summed E-state index contributed by atoms with van der Waals surface area (Å²) >= 11 is 5.96. The zero-order chi connectivity index (χ0) is 16.0. The third-order valence-electron chi connectivity index (χ3n) is 2.97. The summed E-state index contributed by atoms with van der Waals surface area (Å²) in [6.45, 7) is 3.84. The number of hydrogen-bond acceptors (Lipinski definition) is 3. The molecule has 0 radical (unpaired) electrons. The van der Waals surface area contributed by atoms with Crippen molar-refractivity contribution in [1.82, 2.24) is 10.6 Å². The molecule has 116 valence electrons. The number of amides is 2. The maximum atomic E-state index is 11.8. The van der Waals surface area contributed by atoms with Gasteiger partial charge in [-0.3, -0.25) is 0 Å². The summed E-state index contributed by atoms with van der Waals surface area (Å²) in [5, 5.41) is 14.5. The number of aliphatic carboxylic acids is 1. The Kier molecular flexibility index (Phi) is 5.99. The van der Waals surface area contributed by atoms with Crippen molar-refractivity contribution in [3.05, 3.63) is 34.9 Å². The molecule has 0 aliphatic heterocycles. The van der Waals surface area contributed by atoms with Gasteiger partial charge in [-0.15, -0.1) is 0 Å². The smallest absolute Gasteiger partial charge is 0.331 e. The Labute approximate surface area is 128 Å². The lowest BCUT2D eigenvalue weighted by atomic mass is 10.1. The molecule has 0 aliphatic carbocycles. The molecule has 0 unspecified atom stereocenters. The highest BCUT2D eigenvalue weighted by atomic mass is 35.5. The molecule has 0 saturated carbocycles. The van der Waals surface area contributed by atoms with E-state index in [1.54, 1.807) is 38.1 Å². The van der Waals surface area contributed by atoms with Crippen LogP contribution in [-0.2, 0) is 9.53 Å². The number of hydrogen-bond donors (Lipinski definition) is 3. The Hall–Kier alpha value is -1.79. The van der Waals surface area contributed by atoms with Crippen molar-refractivity contribution in [3.63, 3.8) is 0 Å². The normalized spacial score (nSPS) is 12.6. The van der Waals surface area contributed by atoms with Crippen LogP contribution < -0.4 is 10.6 Å². The minimum Gasteiger partial charge on any atom is -0.479 e. The van der Waals surface area contributed by atoms with Crippen LogP contribution in [0.25, 0.3) is 0 Å². The van der Waals surface area contributed by atoms with Crippen LogP contribution in [0.3, 0.4) is 0 Å². The number of methoxy groups -OCH3 is 1. The van der Waals surface area contributed by atoms with E-state index in [0.29, 0.717) is 5.56 Å². The van der Waals surface area contributed by atoms with E-state index in [0.717, 1.165) is 0 Å². The largest absolute Gasteiger partial charge is 0.479 e. The van der Waals surface area contributed by atoms with E-state index in [-0.39, 0.29) is 11.6 Å². The predicted molar refractivity (Wildman–Crippen MR) is 79.5 cm³/mol. The first-order chi connectivity index (χ1) is 9.76. The number of carboxylic acids is 1. The standard InChI is InChI=1S/C14H19ClN2O4/c1-14(2,21-3)8-16-13(20)17-11(12(18)19)9-6-4-5-7-10(9)15/h4-7,11H,8H2,1-3H3,(H,18,19)(H2,16,17,20)/t11-/m1/s1. The van der Waals surface area contributed by atoms with Gasteiger partial charge in [0.25, 0.3) is 0 Å².